The van der Waals surface area contributed by atoms with Crippen LogP contribution in [0.1, 0.15) is 5.56 Å². The number of hydrogen-bond acceptors (Lipinski definition) is 1. The van der Waals surface area contributed by atoms with Crippen molar-refractivity contribution < 1.29 is 0 Å². The van der Waals surface area contributed by atoms with Gasteiger partial charge in [-0.15, -0.1) is 0 Å². The molecule has 0 atom stereocenters. The van der Waals surface area contributed by atoms with Gasteiger partial charge in [-0.25, -0.2) is 0 Å². The Balaban J connectivity index is 1.95. The van der Waals surface area contributed by atoms with Crippen LogP contribution in [-0.4, -0.2) is 0 Å². The Labute approximate surface area is 188 Å². The first-order chi connectivity index (χ1) is 15.9. The van der Waals surface area contributed by atoms with E-state index in [9.17, 15) is 5.26 Å². The molecule has 5 rings (SSSR count). The molecule has 5 aromatic rings. The smallest absolute Gasteiger partial charge is 0.100 e. The molecule has 0 radical (unpaired) electrons. The fourth-order valence-electron chi connectivity index (χ4n) is 4.29. The van der Waals surface area contributed by atoms with Gasteiger partial charge < -0.3 is 0 Å². The van der Waals surface area contributed by atoms with E-state index in [0.29, 0.717) is 5.56 Å². The third kappa shape index (κ3) is 3.60. The lowest BCUT2D eigenvalue weighted by Gasteiger charge is -2.20. The van der Waals surface area contributed by atoms with Crippen molar-refractivity contribution in [3.63, 3.8) is 0 Å². The van der Waals surface area contributed by atoms with Gasteiger partial charge in [-0.2, -0.15) is 5.26 Å². The van der Waals surface area contributed by atoms with Crippen LogP contribution in [0.15, 0.2) is 127 Å². The molecular weight excluding hydrogens is 386 g/mol. The Hall–Kier alpha value is -4.41. The fraction of sp³-hybridized carbons (Fsp3) is 0. The standard InChI is InChI=1S/C31H21N/c32-22-29-30(25-17-9-3-10-18-25)27(23-13-5-1-6-14-23)21-28(24-15-7-2-8-16-24)31(29)26-19-11-4-12-20-26/h1-21H. The van der Waals surface area contributed by atoms with E-state index in [4.69, 9.17) is 0 Å². The van der Waals surface area contributed by atoms with E-state index in [0.717, 1.165) is 44.5 Å². The van der Waals surface area contributed by atoms with E-state index < -0.39 is 0 Å². The lowest BCUT2D eigenvalue weighted by molar-refractivity contribution is 1.46. The lowest BCUT2D eigenvalue weighted by Crippen LogP contribution is -1.98. The molecule has 0 amide bonds. The van der Waals surface area contributed by atoms with Gasteiger partial charge in [0.05, 0.1) is 5.56 Å². The Morgan fingerprint density at radius 3 is 1.03 bits per heavy atom. The first kappa shape index (κ1) is 19.5. The number of nitriles is 1. The van der Waals surface area contributed by atoms with Crippen LogP contribution >= 0.6 is 0 Å². The van der Waals surface area contributed by atoms with Crippen LogP contribution in [0.4, 0.5) is 0 Å². The van der Waals surface area contributed by atoms with Crippen LogP contribution in [-0.2, 0) is 0 Å². The van der Waals surface area contributed by atoms with Crippen molar-refractivity contribution in [1.82, 2.24) is 0 Å². The van der Waals surface area contributed by atoms with Gasteiger partial charge in [-0.3, -0.25) is 0 Å². The van der Waals surface area contributed by atoms with Crippen LogP contribution < -0.4 is 0 Å². The number of hydrogen-bond donors (Lipinski definition) is 0. The van der Waals surface area contributed by atoms with Crippen LogP contribution in [0.3, 0.4) is 0 Å². The van der Waals surface area contributed by atoms with Gasteiger partial charge in [-0.05, 0) is 39.4 Å². The van der Waals surface area contributed by atoms with Gasteiger partial charge in [0.25, 0.3) is 0 Å². The molecule has 0 spiro atoms. The van der Waals surface area contributed by atoms with Gasteiger partial charge in [0.15, 0.2) is 0 Å². The summed E-state index contributed by atoms with van der Waals surface area (Å²) in [4.78, 5) is 0. The second kappa shape index (κ2) is 8.76. The summed E-state index contributed by atoms with van der Waals surface area (Å²) in [5.74, 6) is 0. The Morgan fingerprint density at radius 2 is 0.719 bits per heavy atom. The van der Waals surface area contributed by atoms with Crippen LogP contribution in [0.5, 0.6) is 0 Å². The summed E-state index contributed by atoms with van der Waals surface area (Å²) in [6.07, 6.45) is 0. The molecule has 0 aliphatic heterocycles. The summed E-state index contributed by atoms with van der Waals surface area (Å²) >= 11 is 0. The molecule has 0 aliphatic rings. The van der Waals surface area contributed by atoms with Gasteiger partial charge in [0, 0.05) is 11.1 Å². The summed E-state index contributed by atoms with van der Waals surface area (Å²) < 4.78 is 0. The quantitative estimate of drug-likeness (QED) is 0.294. The van der Waals surface area contributed by atoms with Crippen LogP contribution in [0, 0.1) is 11.3 Å². The first-order valence-corrected chi connectivity index (χ1v) is 10.7. The zero-order valence-electron chi connectivity index (χ0n) is 17.6. The maximum absolute atomic E-state index is 10.5. The fourth-order valence-corrected chi connectivity index (χ4v) is 4.29. The summed E-state index contributed by atoms with van der Waals surface area (Å²) in [5, 5.41) is 10.5. The average molecular weight is 408 g/mol. The Morgan fingerprint density at radius 1 is 0.406 bits per heavy atom. The molecule has 0 bridgehead atoms. The van der Waals surface area contributed by atoms with E-state index in [2.05, 4.69) is 60.7 Å². The van der Waals surface area contributed by atoms with Crippen molar-refractivity contribution in [2.75, 3.05) is 0 Å². The van der Waals surface area contributed by atoms with Gasteiger partial charge in [-0.1, -0.05) is 121 Å². The second-order valence-electron chi connectivity index (χ2n) is 7.67. The molecule has 5 aromatic carbocycles. The van der Waals surface area contributed by atoms with Crippen molar-refractivity contribution in [1.29, 1.82) is 5.26 Å². The minimum Gasteiger partial charge on any atom is -0.192 e. The molecule has 0 unspecified atom stereocenters. The third-order valence-electron chi connectivity index (χ3n) is 5.73. The second-order valence-corrected chi connectivity index (χ2v) is 7.67. The third-order valence-corrected chi connectivity index (χ3v) is 5.73. The van der Waals surface area contributed by atoms with Crippen molar-refractivity contribution >= 4 is 0 Å². The normalized spacial score (nSPS) is 10.5. The number of benzene rings is 5. The summed E-state index contributed by atoms with van der Waals surface area (Å²) in [6.45, 7) is 0. The highest BCUT2D eigenvalue weighted by Crippen LogP contribution is 2.45. The molecule has 0 heterocycles. The van der Waals surface area contributed by atoms with E-state index in [1.165, 1.54) is 0 Å². The lowest BCUT2D eigenvalue weighted by atomic mass is 9.81. The first-order valence-electron chi connectivity index (χ1n) is 10.7. The molecule has 0 saturated heterocycles. The molecule has 32 heavy (non-hydrogen) atoms. The Bertz CT molecular complexity index is 1280. The van der Waals surface area contributed by atoms with E-state index in [1.807, 2.05) is 72.8 Å². The van der Waals surface area contributed by atoms with Gasteiger partial charge >= 0.3 is 0 Å². The van der Waals surface area contributed by atoms with Gasteiger partial charge in [0.2, 0.25) is 0 Å². The van der Waals surface area contributed by atoms with E-state index in [-0.39, 0.29) is 0 Å². The molecule has 1 heteroatoms. The minimum atomic E-state index is 0.697. The molecule has 1 nitrogen and oxygen atoms in total. The predicted octanol–water partition coefficient (Wildman–Crippen LogP) is 8.23. The van der Waals surface area contributed by atoms with Crippen molar-refractivity contribution in [3.05, 3.63) is 133 Å². The molecular formula is C31H21N. The molecule has 0 N–H and O–H groups in total. The molecule has 0 saturated carbocycles. The maximum atomic E-state index is 10.5. The summed E-state index contributed by atoms with van der Waals surface area (Å²) in [5.41, 5.74) is 9.04. The monoisotopic (exact) mass is 407 g/mol. The van der Waals surface area contributed by atoms with Crippen LogP contribution in [0.25, 0.3) is 44.5 Å². The Kier molecular flexibility index (Phi) is 5.35. The molecule has 0 fully saturated rings. The topological polar surface area (TPSA) is 23.8 Å². The summed E-state index contributed by atoms with van der Waals surface area (Å²) in [7, 11) is 0. The summed E-state index contributed by atoms with van der Waals surface area (Å²) in [6, 6.07) is 45.9. The van der Waals surface area contributed by atoms with Gasteiger partial charge in [0.1, 0.15) is 6.07 Å². The number of nitrogens with zero attached hydrogens (tertiary/aromatic N) is 1. The van der Waals surface area contributed by atoms with Crippen molar-refractivity contribution in [2.45, 2.75) is 0 Å². The number of rotatable bonds is 4. The van der Waals surface area contributed by atoms with E-state index in [1.54, 1.807) is 0 Å². The van der Waals surface area contributed by atoms with Crippen LogP contribution in [0.2, 0.25) is 0 Å². The maximum Gasteiger partial charge on any atom is 0.100 e. The minimum absolute atomic E-state index is 0.697. The van der Waals surface area contributed by atoms with Crippen molar-refractivity contribution in [2.24, 2.45) is 0 Å². The molecule has 150 valence electrons. The highest BCUT2D eigenvalue weighted by molar-refractivity contribution is 6.00. The SMILES string of the molecule is N#Cc1c(-c2ccccc2)c(-c2ccccc2)cc(-c2ccccc2)c1-c1ccccc1. The van der Waals surface area contributed by atoms with E-state index >= 15 is 0 Å². The molecule has 0 aliphatic carbocycles. The molecule has 0 aromatic heterocycles. The largest absolute Gasteiger partial charge is 0.192 e. The highest BCUT2D eigenvalue weighted by Gasteiger charge is 2.22. The zero-order chi connectivity index (χ0) is 21.8. The highest BCUT2D eigenvalue weighted by atomic mass is 14.3. The zero-order valence-corrected chi connectivity index (χ0v) is 17.6. The van der Waals surface area contributed by atoms with Crippen molar-refractivity contribution in [3.8, 4) is 50.6 Å². The average Bonchev–Trinajstić information content (AvgIpc) is 2.89. The predicted molar refractivity (Wildman–Crippen MR) is 133 cm³/mol.